The first-order valence-electron chi connectivity index (χ1n) is 11.8. The van der Waals surface area contributed by atoms with Crippen molar-refractivity contribution in [1.29, 1.82) is 0 Å². The molecule has 4 rings (SSSR count). The van der Waals surface area contributed by atoms with Crippen molar-refractivity contribution in [2.24, 2.45) is 5.92 Å². The van der Waals surface area contributed by atoms with Gasteiger partial charge in [-0.05, 0) is 62.9 Å². The van der Waals surface area contributed by atoms with Crippen molar-refractivity contribution in [3.63, 3.8) is 0 Å². The number of piperidine rings is 1. The molecule has 1 aromatic carbocycles. The SMILES string of the molecule is CCOC(=O)N1CCN(C(=O)[C@H]2CCCN(c3ccc(-c4ccc(C)c(C)c4)nn3)C2)CC1. The van der Waals surface area contributed by atoms with Crippen molar-refractivity contribution >= 4 is 17.8 Å². The minimum atomic E-state index is -0.295. The highest BCUT2D eigenvalue weighted by molar-refractivity contribution is 5.80. The second kappa shape index (κ2) is 10.2. The van der Waals surface area contributed by atoms with Crippen molar-refractivity contribution in [2.75, 3.05) is 50.8 Å². The second-order valence-electron chi connectivity index (χ2n) is 8.87. The summed E-state index contributed by atoms with van der Waals surface area (Å²) in [6, 6.07) is 10.3. The van der Waals surface area contributed by atoms with Gasteiger partial charge in [0.15, 0.2) is 5.82 Å². The molecular weight excluding hydrogens is 418 g/mol. The van der Waals surface area contributed by atoms with E-state index in [0.717, 1.165) is 36.5 Å². The van der Waals surface area contributed by atoms with Crippen LogP contribution in [-0.2, 0) is 9.53 Å². The summed E-state index contributed by atoms with van der Waals surface area (Å²) in [5.74, 6) is 0.921. The normalized spacial score (nSPS) is 18.9. The van der Waals surface area contributed by atoms with E-state index in [1.807, 2.05) is 17.0 Å². The van der Waals surface area contributed by atoms with Crippen LogP contribution in [0.4, 0.5) is 10.6 Å². The average molecular weight is 452 g/mol. The lowest BCUT2D eigenvalue weighted by Gasteiger charge is -2.38. The van der Waals surface area contributed by atoms with Crippen LogP contribution in [0.25, 0.3) is 11.3 Å². The summed E-state index contributed by atoms with van der Waals surface area (Å²) in [6.07, 6.45) is 1.53. The second-order valence-corrected chi connectivity index (χ2v) is 8.87. The molecule has 2 aliphatic rings. The first-order chi connectivity index (χ1) is 16.0. The molecule has 2 fully saturated rings. The summed E-state index contributed by atoms with van der Waals surface area (Å²) in [5, 5.41) is 8.94. The molecule has 0 unspecified atom stereocenters. The van der Waals surface area contributed by atoms with Gasteiger partial charge in [0.25, 0.3) is 0 Å². The quantitative estimate of drug-likeness (QED) is 0.710. The summed E-state index contributed by atoms with van der Waals surface area (Å²) in [5.41, 5.74) is 4.41. The number of aryl methyl sites for hydroxylation is 2. The third-order valence-corrected chi connectivity index (χ3v) is 6.67. The van der Waals surface area contributed by atoms with Gasteiger partial charge in [-0.25, -0.2) is 4.79 Å². The molecule has 2 saturated heterocycles. The minimum absolute atomic E-state index is 0.0610. The number of amides is 2. The zero-order valence-corrected chi connectivity index (χ0v) is 19.8. The topological polar surface area (TPSA) is 78.9 Å². The van der Waals surface area contributed by atoms with Gasteiger partial charge < -0.3 is 19.4 Å². The number of carbonyl (C=O) groups excluding carboxylic acids is 2. The van der Waals surface area contributed by atoms with E-state index in [-0.39, 0.29) is 17.9 Å². The van der Waals surface area contributed by atoms with Gasteiger partial charge in [-0.3, -0.25) is 4.79 Å². The Morgan fingerprint density at radius 1 is 0.970 bits per heavy atom. The third kappa shape index (κ3) is 5.26. The summed E-state index contributed by atoms with van der Waals surface area (Å²) in [7, 11) is 0. The lowest BCUT2D eigenvalue weighted by atomic mass is 9.96. The third-order valence-electron chi connectivity index (χ3n) is 6.67. The first-order valence-corrected chi connectivity index (χ1v) is 11.8. The molecule has 33 heavy (non-hydrogen) atoms. The van der Waals surface area contributed by atoms with Crippen molar-refractivity contribution in [3.8, 4) is 11.3 Å². The molecule has 176 valence electrons. The molecule has 0 saturated carbocycles. The van der Waals surface area contributed by atoms with Crippen molar-refractivity contribution < 1.29 is 14.3 Å². The number of ether oxygens (including phenoxy) is 1. The van der Waals surface area contributed by atoms with Gasteiger partial charge in [0, 0.05) is 44.8 Å². The van der Waals surface area contributed by atoms with Crippen LogP contribution in [0, 0.1) is 19.8 Å². The number of aromatic nitrogens is 2. The van der Waals surface area contributed by atoms with E-state index in [2.05, 4.69) is 47.1 Å². The Kier molecular flexibility index (Phi) is 7.11. The molecule has 0 N–H and O–H groups in total. The maximum Gasteiger partial charge on any atom is 0.409 e. The van der Waals surface area contributed by atoms with Crippen LogP contribution in [0.15, 0.2) is 30.3 Å². The van der Waals surface area contributed by atoms with Crippen LogP contribution >= 0.6 is 0 Å². The number of anilines is 1. The zero-order chi connectivity index (χ0) is 23.4. The highest BCUT2D eigenvalue weighted by Gasteiger charge is 2.32. The van der Waals surface area contributed by atoms with E-state index < -0.39 is 0 Å². The van der Waals surface area contributed by atoms with Crippen LogP contribution in [0.2, 0.25) is 0 Å². The lowest BCUT2D eigenvalue weighted by Crippen LogP contribution is -2.53. The molecule has 2 amide bonds. The van der Waals surface area contributed by atoms with E-state index in [0.29, 0.717) is 39.3 Å². The fraction of sp³-hybridized carbons (Fsp3) is 0.520. The summed E-state index contributed by atoms with van der Waals surface area (Å²) >= 11 is 0. The van der Waals surface area contributed by atoms with Crippen LogP contribution in [0.3, 0.4) is 0 Å². The molecule has 0 spiro atoms. The number of piperazine rings is 1. The van der Waals surface area contributed by atoms with Crippen molar-refractivity contribution in [3.05, 3.63) is 41.5 Å². The molecule has 1 atom stereocenters. The maximum atomic E-state index is 13.2. The smallest absolute Gasteiger partial charge is 0.409 e. The van der Waals surface area contributed by atoms with E-state index in [1.165, 1.54) is 11.1 Å². The molecule has 0 aliphatic carbocycles. The number of hydrogen-bond acceptors (Lipinski definition) is 6. The van der Waals surface area contributed by atoms with Crippen LogP contribution in [0.1, 0.15) is 30.9 Å². The average Bonchev–Trinajstić information content (AvgIpc) is 2.86. The Morgan fingerprint density at radius 2 is 1.73 bits per heavy atom. The summed E-state index contributed by atoms with van der Waals surface area (Å²) in [4.78, 5) is 30.8. The van der Waals surface area contributed by atoms with Gasteiger partial charge in [0.1, 0.15) is 0 Å². The van der Waals surface area contributed by atoms with E-state index in [1.54, 1.807) is 11.8 Å². The van der Waals surface area contributed by atoms with E-state index in [9.17, 15) is 9.59 Å². The van der Waals surface area contributed by atoms with Crippen LogP contribution in [0.5, 0.6) is 0 Å². The molecule has 1 aromatic heterocycles. The van der Waals surface area contributed by atoms with Gasteiger partial charge >= 0.3 is 6.09 Å². The lowest BCUT2D eigenvalue weighted by molar-refractivity contribution is -0.137. The predicted molar refractivity (Wildman–Crippen MR) is 127 cm³/mol. The Hall–Kier alpha value is -3.16. The first kappa shape index (κ1) is 23.0. The van der Waals surface area contributed by atoms with Crippen LogP contribution in [-0.4, -0.2) is 77.9 Å². The van der Waals surface area contributed by atoms with Crippen molar-refractivity contribution in [1.82, 2.24) is 20.0 Å². The predicted octanol–water partition coefficient (Wildman–Crippen LogP) is 3.28. The largest absolute Gasteiger partial charge is 0.450 e. The number of benzene rings is 1. The summed E-state index contributed by atoms with van der Waals surface area (Å²) < 4.78 is 5.07. The molecule has 2 aliphatic heterocycles. The molecule has 0 bridgehead atoms. The van der Waals surface area contributed by atoms with Gasteiger partial charge in [-0.2, -0.15) is 0 Å². The highest BCUT2D eigenvalue weighted by atomic mass is 16.6. The Bertz CT molecular complexity index is 986. The molecule has 3 heterocycles. The molecule has 0 radical (unpaired) electrons. The van der Waals surface area contributed by atoms with Gasteiger partial charge in [-0.15, -0.1) is 10.2 Å². The Labute approximate surface area is 195 Å². The molecule has 8 nitrogen and oxygen atoms in total. The molecular formula is C25H33N5O3. The van der Waals surface area contributed by atoms with E-state index in [4.69, 9.17) is 4.74 Å². The number of carbonyl (C=O) groups is 2. The fourth-order valence-electron chi connectivity index (χ4n) is 4.52. The number of nitrogens with zero attached hydrogens (tertiary/aromatic N) is 5. The maximum absolute atomic E-state index is 13.2. The Balaban J connectivity index is 1.36. The highest BCUT2D eigenvalue weighted by Crippen LogP contribution is 2.25. The molecule has 2 aromatic rings. The van der Waals surface area contributed by atoms with E-state index >= 15 is 0 Å². The monoisotopic (exact) mass is 451 g/mol. The van der Waals surface area contributed by atoms with Gasteiger partial charge in [-0.1, -0.05) is 12.1 Å². The number of hydrogen-bond donors (Lipinski definition) is 0. The van der Waals surface area contributed by atoms with Crippen LogP contribution < -0.4 is 4.90 Å². The van der Waals surface area contributed by atoms with Gasteiger partial charge in [0.2, 0.25) is 5.91 Å². The van der Waals surface area contributed by atoms with Gasteiger partial charge in [0.05, 0.1) is 18.2 Å². The minimum Gasteiger partial charge on any atom is -0.450 e. The molecule has 8 heteroatoms. The van der Waals surface area contributed by atoms with Crippen molar-refractivity contribution in [2.45, 2.75) is 33.6 Å². The zero-order valence-electron chi connectivity index (χ0n) is 19.8. The summed E-state index contributed by atoms with van der Waals surface area (Å²) in [6.45, 7) is 10.0. The number of rotatable bonds is 4. The standard InChI is InChI=1S/C25H33N5O3/c1-4-33-25(32)29-14-12-28(13-15-29)24(31)21-6-5-11-30(17-21)23-10-9-22(26-27-23)20-8-7-18(2)19(3)16-20/h7-10,16,21H,4-6,11-15,17H2,1-3H3/t21-/m0/s1. The fourth-order valence-corrected chi connectivity index (χ4v) is 4.52. The Morgan fingerprint density at radius 3 is 2.39 bits per heavy atom.